The zero-order valence-electron chi connectivity index (χ0n) is 12.9. The lowest BCUT2D eigenvalue weighted by Gasteiger charge is -2.33. The molecule has 6 heteroatoms. The fourth-order valence-corrected chi connectivity index (χ4v) is 2.49. The lowest BCUT2D eigenvalue weighted by molar-refractivity contribution is 0.0650. The van der Waals surface area contributed by atoms with Crippen LogP contribution in [-0.2, 0) is 5.41 Å². The summed E-state index contributed by atoms with van der Waals surface area (Å²) >= 11 is 0. The molecule has 2 N–H and O–H groups in total. The van der Waals surface area contributed by atoms with Gasteiger partial charge in [-0.3, -0.25) is 9.89 Å². The maximum atomic E-state index is 12.6. The molecule has 0 saturated carbocycles. The van der Waals surface area contributed by atoms with Crippen LogP contribution < -0.4 is 5.32 Å². The Hall–Kier alpha value is -1.43. The predicted octanol–water partition coefficient (Wildman–Crippen LogP) is 1.32. The molecule has 6 nitrogen and oxygen atoms in total. The highest BCUT2D eigenvalue weighted by atomic mass is 16.2. The summed E-state index contributed by atoms with van der Waals surface area (Å²) < 4.78 is 0. The van der Waals surface area contributed by atoms with Gasteiger partial charge in [0.2, 0.25) is 5.82 Å². The van der Waals surface area contributed by atoms with E-state index in [1.54, 1.807) is 0 Å². The van der Waals surface area contributed by atoms with Crippen LogP contribution in [0.25, 0.3) is 0 Å². The lowest BCUT2D eigenvalue weighted by Crippen LogP contribution is -2.48. The summed E-state index contributed by atoms with van der Waals surface area (Å²) in [5, 5.41) is 10.3. The van der Waals surface area contributed by atoms with E-state index < -0.39 is 0 Å². The fraction of sp³-hybridized carbons (Fsp3) is 0.786. The van der Waals surface area contributed by atoms with Crippen LogP contribution in [0.5, 0.6) is 0 Å². The number of piperidine rings is 1. The molecular weight excluding hydrogens is 254 g/mol. The maximum Gasteiger partial charge on any atom is 0.293 e. The van der Waals surface area contributed by atoms with Gasteiger partial charge in [0.25, 0.3) is 5.91 Å². The molecule has 1 aromatic heterocycles. The van der Waals surface area contributed by atoms with Crippen molar-refractivity contribution in [3.8, 4) is 0 Å². The Morgan fingerprint density at radius 3 is 2.70 bits per heavy atom. The Balaban J connectivity index is 2.13. The molecular formula is C14H25N5O. The van der Waals surface area contributed by atoms with Crippen LogP contribution >= 0.6 is 0 Å². The molecule has 0 spiro atoms. The van der Waals surface area contributed by atoms with Gasteiger partial charge in [-0.15, -0.1) is 5.10 Å². The molecule has 2 rings (SSSR count). The van der Waals surface area contributed by atoms with Gasteiger partial charge in [-0.25, -0.2) is 4.98 Å². The molecule has 0 aliphatic carbocycles. The first kappa shape index (κ1) is 15.0. The number of hydrogen-bond donors (Lipinski definition) is 2. The third-order valence-corrected chi connectivity index (χ3v) is 3.70. The molecule has 1 aliphatic rings. The lowest BCUT2D eigenvalue weighted by atomic mass is 9.96. The van der Waals surface area contributed by atoms with E-state index in [9.17, 15) is 4.79 Å². The normalized spacial score (nSPS) is 19.9. The van der Waals surface area contributed by atoms with Crippen molar-refractivity contribution in [2.75, 3.05) is 19.6 Å². The largest absolute Gasteiger partial charge is 0.332 e. The number of carbonyl (C=O) groups excluding carboxylic acids is 1. The second kappa shape index (κ2) is 5.91. The second-order valence-electron chi connectivity index (χ2n) is 6.35. The van der Waals surface area contributed by atoms with E-state index in [1.165, 1.54) is 0 Å². The molecule has 112 valence electrons. The molecule has 1 unspecified atom stereocenters. The summed E-state index contributed by atoms with van der Waals surface area (Å²) in [4.78, 5) is 18.8. The van der Waals surface area contributed by atoms with Crippen LogP contribution in [0.15, 0.2) is 0 Å². The molecule has 1 aliphatic heterocycles. The quantitative estimate of drug-likeness (QED) is 0.875. The van der Waals surface area contributed by atoms with Gasteiger partial charge in [0.05, 0.1) is 0 Å². The van der Waals surface area contributed by atoms with Gasteiger partial charge >= 0.3 is 0 Å². The van der Waals surface area contributed by atoms with E-state index >= 15 is 0 Å². The average molecular weight is 279 g/mol. The van der Waals surface area contributed by atoms with Crippen molar-refractivity contribution in [1.29, 1.82) is 0 Å². The first-order valence-corrected chi connectivity index (χ1v) is 7.38. The highest BCUT2D eigenvalue weighted by Gasteiger charge is 2.28. The first-order chi connectivity index (χ1) is 9.43. The van der Waals surface area contributed by atoms with Crippen molar-refractivity contribution in [3.05, 3.63) is 11.6 Å². The Morgan fingerprint density at radius 2 is 2.20 bits per heavy atom. The van der Waals surface area contributed by atoms with Crippen LogP contribution in [0.1, 0.15) is 57.0 Å². The molecule has 1 atom stereocenters. The van der Waals surface area contributed by atoms with Crippen LogP contribution in [0, 0.1) is 0 Å². The number of amides is 1. The zero-order chi connectivity index (χ0) is 14.8. The third-order valence-electron chi connectivity index (χ3n) is 3.70. The van der Waals surface area contributed by atoms with Crippen LogP contribution in [-0.4, -0.2) is 51.7 Å². The predicted molar refractivity (Wildman–Crippen MR) is 77.7 cm³/mol. The van der Waals surface area contributed by atoms with Gasteiger partial charge in [-0.1, -0.05) is 20.8 Å². The van der Waals surface area contributed by atoms with Gasteiger partial charge in [0.1, 0.15) is 5.82 Å². The highest BCUT2D eigenvalue weighted by molar-refractivity contribution is 5.90. The summed E-state index contributed by atoms with van der Waals surface area (Å²) in [6.45, 7) is 10.7. The molecule has 1 saturated heterocycles. The Bertz CT molecular complexity index is 456. The summed E-state index contributed by atoms with van der Waals surface area (Å²) in [5.41, 5.74) is -0.130. The molecule has 0 bridgehead atoms. The van der Waals surface area contributed by atoms with Crippen molar-refractivity contribution in [2.24, 2.45) is 0 Å². The molecule has 1 fully saturated rings. The number of hydrogen-bond acceptors (Lipinski definition) is 4. The number of carbonyl (C=O) groups is 1. The van der Waals surface area contributed by atoms with Gasteiger partial charge < -0.3 is 10.2 Å². The van der Waals surface area contributed by atoms with Crippen molar-refractivity contribution in [1.82, 2.24) is 25.4 Å². The number of likely N-dealkylation sites (N-methyl/N-ethyl adjacent to an activating group) is 1. The van der Waals surface area contributed by atoms with Crippen LogP contribution in [0.4, 0.5) is 0 Å². The maximum absolute atomic E-state index is 12.6. The van der Waals surface area contributed by atoms with Crippen LogP contribution in [0.3, 0.4) is 0 Å². The van der Waals surface area contributed by atoms with E-state index in [0.29, 0.717) is 6.54 Å². The number of nitrogens with one attached hydrogen (secondary N) is 2. The molecule has 0 aromatic carbocycles. The van der Waals surface area contributed by atoms with E-state index in [1.807, 2.05) is 32.6 Å². The van der Waals surface area contributed by atoms with Gasteiger partial charge in [-0.05, 0) is 26.3 Å². The summed E-state index contributed by atoms with van der Waals surface area (Å²) in [6.07, 6.45) is 2.15. The minimum Gasteiger partial charge on any atom is -0.332 e. The van der Waals surface area contributed by atoms with E-state index in [4.69, 9.17) is 0 Å². The number of nitrogens with zero attached hydrogens (tertiary/aromatic N) is 3. The van der Waals surface area contributed by atoms with Gasteiger partial charge in [-0.2, -0.15) is 0 Å². The summed E-state index contributed by atoms with van der Waals surface area (Å²) in [7, 11) is 0. The van der Waals surface area contributed by atoms with Crippen molar-refractivity contribution in [2.45, 2.75) is 52.0 Å². The number of rotatable bonds is 3. The zero-order valence-corrected chi connectivity index (χ0v) is 12.9. The Kier molecular flexibility index (Phi) is 4.42. The number of aromatic nitrogens is 3. The molecule has 1 aromatic rings. The average Bonchev–Trinajstić information content (AvgIpc) is 2.90. The smallest absolute Gasteiger partial charge is 0.293 e. The third kappa shape index (κ3) is 3.17. The van der Waals surface area contributed by atoms with Crippen molar-refractivity contribution in [3.63, 3.8) is 0 Å². The fourth-order valence-electron chi connectivity index (χ4n) is 2.49. The van der Waals surface area contributed by atoms with E-state index in [2.05, 4.69) is 20.5 Å². The van der Waals surface area contributed by atoms with Gasteiger partial charge in [0, 0.05) is 24.5 Å². The summed E-state index contributed by atoms with van der Waals surface area (Å²) in [6, 6.07) is 0.248. The second-order valence-corrected chi connectivity index (χ2v) is 6.35. The van der Waals surface area contributed by atoms with Gasteiger partial charge in [0.15, 0.2) is 0 Å². The minimum absolute atomic E-state index is 0.0760. The molecule has 20 heavy (non-hydrogen) atoms. The molecule has 1 amide bonds. The van der Waals surface area contributed by atoms with E-state index in [0.717, 1.165) is 31.8 Å². The van der Waals surface area contributed by atoms with Crippen LogP contribution in [0.2, 0.25) is 0 Å². The standard InChI is InChI=1S/C14H25N5O/c1-5-19(10-7-6-8-15-9-10)12(20)11-16-13(18-17-11)14(2,3)4/h10,15H,5-9H2,1-4H3,(H,16,17,18). The van der Waals surface area contributed by atoms with E-state index in [-0.39, 0.29) is 23.2 Å². The number of H-pyrrole nitrogens is 1. The van der Waals surface area contributed by atoms with Crippen molar-refractivity contribution >= 4 is 5.91 Å². The minimum atomic E-state index is -0.130. The SMILES string of the molecule is CCN(C(=O)c1n[nH]c(C(C)(C)C)n1)C1CCCNC1. The summed E-state index contributed by atoms with van der Waals surface area (Å²) in [5.74, 6) is 0.953. The Labute approximate surface area is 120 Å². The molecule has 2 heterocycles. The Morgan fingerprint density at radius 1 is 1.45 bits per heavy atom. The highest BCUT2D eigenvalue weighted by Crippen LogP contribution is 2.18. The topological polar surface area (TPSA) is 73.9 Å². The monoisotopic (exact) mass is 279 g/mol. The molecule has 0 radical (unpaired) electrons. The first-order valence-electron chi connectivity index (χ1n) is 7.38. The van der Waals surface area contributed by atoms with Crippen molar-refractivity contribution < 1.29 is 4.79 Å². The number of aromatic amines is 1.